The lowest BCUT2D eigenvalue weighted by Crippen LogP contribution is -2.52. The van der Waals surface area contributed by atoms with Crippen LogP contribution in [-0.4, -0.2) is 33.9 Å². The molecular formula is C17H11ClF3N3O3. The van der Waals surface area contributed by atoms with Crippen molar-refractivity contribution in [3.63, 3.8) is 0 Å². The third-order valence-electron chi connectivity index (χ3n) is 3.74. The second-order valence-electron chi connectivity index (χ2n) is 5.55. The minimum Gasteiger partial charge on any atom is -0.508 e. The Morgan fingerprint density at radius 1 is 1.15 bits per heavy atom. The average molecular weight is 398 g/mol. The minimum absolute atomic E-state index is 0.0256. The van der Waals surface area contributed by atoms with E-state index < -0.39 is 29.8 Å². The topological polar surface area (TPSA) is 82.0 Å². The standard InChI is InChI=1S/C17H11ClF3N3O3/c18-10-7-5-9(6-8-10)14-22-15(26)13(11-3-1-2-4-12(11)25)24(23-14)16(27)17(19,20)21/h1-8,13,25H,(H,22,23,26). The number of carbonyl (C=O) groups excluding carboxylic acids is 2. The van der Waals surface area contributed by atoms with E-state index in [1.165, 1.54) is 48.5 Å². The number of halogens is 4. The fourth-order valence-electron chi connectivity index (χ4n) is 2.51. The van der Waals surface area contributed by atoms with E-state index in [0.717, 1.165) is 0 Å². The molecular weight excluding hydrogens is 387 g/mol. The van der Waals surface area contributed by atoms with Crippen LogP contribution in [0.25, 0.3) is 0 Å². The summed E-state index contributed by atoms with van der Waals surface area (Å²) in [5.74, 6) is -3.98. The van der Waals surface area contributed by atoms with E-state index in [-0.39, 0.29) is 22.0 Å². The third kappa shape index (κ3) is 3.72. The molecule has 1 aliphatic rings. The summed E-state index contributed by atoms with van der Waals surface area (Å²) in [4.78, 5) is 24.5. The molecule has 2 N–H and O–H groups in total. The number of rotatable bonds is 2. The fraction of sp³-hybridized carbons (Fsp3) is 0.118. The molecule has 1 heterocycles. The monoisotopic (exact) mass is 397 g/mol. The third-order valence-corrected chi connectivity index (χ3v) is 3.99. The zero-order valence-corrected chi connectivity index (χ0v) is 14.1. The van der Waals surface area contributed by atoms with E-state index in [2.05, 4.69) is 10.4 Å². The Morgan fingerprint density at radius 3 is 2.37 bits per heavy atom. The zero-order chi connectivity index (χ0) is 19.8. The van der Waals surface area contributed by atoms with Crippen molar-refractivity contribution in [2.45, 2.75) is 12.2 Å². The number of hydrogen-bond donors (Lipinski definition) is 2. The van der Waals surface area contributed by atoms with Gasteiger partial charge < -0.3 is 10.4 Å². The number of para-hydroxylation sites is 1. The van der Waals surface area contributed by atoms with E-state index >= 15 is 0 Å². The average Bonchev–Trinajstić information content (AvgIpc) is 2.61. The number of phenolic OH excluding ortho intramolecular Hbond substituents is 1. The Labute approximate surface area is 155 Å². The van der Waals surface area contributed by atoms with Crippen LogP contribution in [-0.2, 0) is 9.59 Å². The van der Waals surface area contributed by atoms with Crippen molar-refractivity contribution in [3.05, 3.63) is 64.7 Å². The van der Waals surface area contributed by atoms with Gasteiger partial charge in [0, 0.05) is 16.1 Å². The van der Waals surface area contributed by atoms with Crippen LogP contribution in [0.1, 0.15) is 17.2 Å². The Balaban J connectivity index is 2.12. The van der Waals surface area contributed by atoms with Crippen molar-refractivity contribution >= 4 is 29.3 Å². The van der Waals surface area contributed by atoms with Gasteiger partial charge in [-0.25, -0.2) is 5.01 Å². The second kappa shape index (κ2) is 6.92. The fourth-order valence-corrected chi connectivity index (χ4v) is 2.63. The SMILES string of the molecule is O=C1NC(c2ccc(Cl)cc2)=NN(C(=O)C(F)(F)F)C1c1ccccc1O. The summed E-state index contributed by atoms with van der Waals surface area (Å²) >= 11 is 5.77. The van der Waals surface area contributed by atoms with Crippen molar-refractivity contribution in [1.29, 1.82) is 0 Å². The summed E-state index contributed by atoms with van der Waals surface area (Å²) in [6.45, 7) is 0. The van der Waals surface area contributed by atoms with Gasteiger partial charge in [0.25, 0.3) is 5.91 Å². The van der Waals surface area contributed by atoms with E-state index in [0.29, 0.717) is 5.02 Å². The molecule has 3 rings (SSSR count). The second-order valence-corrected chi connectivity index (χ2v) is 5.99. The van der Waals surface area contributed by atoms with Gasteiger partial charge in [0.05, 0.1) is 0 Å². The molecule has 1 unspecified atom stereocenters. The molecule has 0 aromatic heterocycles. The number of phenols is 1. The molecule has 2 amide bonds. The summed E-state index contributed by atoms with van der Waals surface area (Å²) in [7, 11) is 0. The highest BCUT2D eigenvalue weighted by molar-refractivity contribution is 6.30. The molecule has 27 heavy (non-hydrogen) atoms. The van der Waals surface area contributed by atoms with Crippen LogP contribution in [0.4, 0.5) is 13.2 Å². The van der Waals surface area contributed by atoms with Gasteiger partial charge >= 0.3 is 12.1 Å². The van der Waals surface area contributed by atoms with E-state index in [4.69, 9.17) is 11.6 Å². The molecule has 10 heteroatoms. The first-order valence-corrected chi connectivity index (χ1v) is 7.90. The molecule has 0 radical (unpaired) electrons. The number of amides is 2. The Hall–Kier alpha value is -3.07. The normalized spacial score (nSPS) is 17.3. The van der Waals surface area contributed by atoms with Gasteiger partial charge in [-0.2, -0.15) is 18.3 Å². The number of nitrogens with zero attached hydrogens (tertiary/aromatic N) is 2. The van der Waals surface area contributed by atoms with E-state index in [9.17, 15) is 27.9 Å². The van der Waals surface area contributed by atoms with Crippen LogP contribution in [0.15, 0.2) is 53.6 Å². The largest absolute Gasteiger partial charge is 0.508 e. The first kappa shape index (κ1) is 18.7. The quantitative estimate of drug-likeness (QED) is 0.817. The molecule has 0 aliphatic carbocycles. The molecule has 1 aliphatic heterocycles. The smallest absolute Gasteiger partial charge is 0.473 e. The first-order valence-electron chi connectivity index (χ1n) is 7.52. The summed E-state index contributed by atoms with van der Waals surface area (Å²) in [6, 6.07) is 9.26. The van der Waals surface area contributed by atoms with E-state index in [1.807, 2.05) is 0 Å². The number of amidine groups is 1. The van der Waals surface area contributed by atoms with Gasteiger partial charge in [-0.1, -0.05) is 29.8 Å². The van der Waals surface area contributed by atoms with Crippen LogP contribution in [0.5, 0.6) is 5.75 Å². The number of carbonyl (C=O) groups is 2. The summed E-state index contributed by atoms with van der Waals surface area (Å²) < 4.78 is 39.2. The highest BCUT2D eigenvalue weighted by Gasteiger charge is 2.49. The molecule has 6 nitrogen and oxygen atoms in total. The maximum atomic E-state index is 13.1. The summed E-state index contributed by atoms with van der Waals surface area (Å²) in [6.07, 6.45) is -5.27. The van der Waals surface area contributed by atoms with Crippen LogP contribution in [0.2, 0.25) is 5.02 Å². The molecule has 2 aromatic rings. The van der Waals surface area contributed by atoms with Crippen molar-refractivity contribution in [3.8, 4) is 5.75 Å². The van der Waals surface area contributed by atoms with Crippen LogP contribution >= 0.6 is 11.6 Å². The van der Waals surface area contributed by atoms with Crippen molar-refractivity contribution in [2.75, 3.05) is 0 Å². The van der Waals surface area contributed by atoms with Gasteiger partial charge in [0.1, 0.15) is 5.75 Å². The highest BCUT2D eigenvalue weighted by Crippen LogP contribution is 2.34. The number of hydrogen-bond acceptors (Lipinski definition) is 4. The molecule has 0 fully saturated rings. The predicted molar refractivity (Wildman–Crippen MR) is 89.9 cm³/mol. The molecule has 1 atom stereocenters. The lowest BCUT2D eigenvalue weighted by atomic mass is 10.0. The molecule has 2 aromatic carbocycles. The Bertz CT molecular complexity index is 929. The van der Waals surface area contributed by atoms with Crippen LogP contribution in [0.3, 0.4) is 0 Å². The summed E-state index contributed by atoms with van der Waals surface area (Å²) in [5, 5.41) is 16.4. The molecule has 140 valence electrons. The molecule has 0 saturated carbocycles. The number of aromatic hydroxyl groups is 1. The van der Waals surface area contributed by atoms with Crippen LogP contribution < -0.4 is 5.32 Å². The van der Waals surface area contributed by atoms with Gasteiger partial charge in [0.2, 0.25) is 0 Å². The molecule has 0 bridgehead atoms. The van der Waals surface area contributed by atoms with E-state index in [1.54, 1.807) is 0 Å². The van der Waals surface area contributed by atoms with Gasteiger partial charge in [-0.05, 0) is 30.3 Å². The number of nitrogens with one attached hydrogen (secondary N) is 1. The van der Waals surface area contributed by atoms with Gasteiger partial charge in [-0.3, -0.25) is 9.59 Å². The summed E-state index contributed by atoms with van der Waals surface area (Å²) in [5.41, 5.74) is 0.0648. The lowest BCUT2D eigenvalue weighted by molar-refractivity contribution is -0.189. The Morgan fingerprint density at radius 2 is 1.78 bits per heavy atom. The minimum atomic E-state index is -5.27. The first-order chi connectivity index (χ1) is 12.7. The Kier molecular flexibility index (Phi) is 4.79. The lowest BCUT2D eigenvalue weighted by Gasteiger charge is -2.32. The maximum absolute atomic E-state index is 13.1. The predicted octanol–water partition coefficient (Wildman–Crippen LogP) is 2.97. The van der Waals surface area contributed by atoms with Gasteiger partial charge in [-0.15, -0.1) is 0 Å². The highest BCUT2D eigenvalue weighted by atomic mass is 35.5. The van der Waals surface area contributed by atoms with Crippen molar-refractivity contribution < 1.29 is 27.9 Å². The number of alkyl halides is 3. The van der Waals surface area contributed by atoms with Gasteiger partial charge in [0.15, 0.2) is 11.9 Å². The zero-order valence-electron chi connectivity index (χ0n) is 13.4. The van der Waals surface area contributed by atoms with Crippen LogP contribution in [0, 0.1) is 0 Å². The van der Waals surface area contributed by atoms with Crippen molar-refractivity contribution in [2.24, 2.45) is 5.10 Å². The maximum Gasteiger partial charge on any atom is 0.473 e. The number of hydrazone groups is 1. The number of benzene rings is 2. The molecule has 0 spiro atoms. The molecule has 0 saturated heterocycles. The van der Waals surface area contributed by atoms with Crippen molar-refractivity contribution in [1.82, 2.24) is 10.3 Å².